The third kappa shape index (κ3) is 3.60. The Labute approximate surface area is 95.0 Å². The Bertz CT molecular complexity index is 501. The Balaban J connectivity index is 0.00000196. The van der Waals surface area contributed by atoms with Crippen LogP contribution in [0.4, 0.5) is 0 Å². The molecule has 0 saturated carbocycles. The van der Waals surface area contributed by atoms with Crippen LogP contribution in [0.3, 0.4) is 0 Å². The molecule has 0 fully saturated rings. The van der Waals surface area contributed by atoms with Crippen LogP contribution in [0, 0.1) is 0 Å². The van der Waals surface area contributed by atoms with E-state index >= 15 is 0 Å². The van der Waals surface area contributed by atoms with E-state index in [-0.39, 0.29) is 4.70 Å². The molecule has 0 aliphatic carbocycles. The fourth-order valence-corrected chi connectivity index (χ4v) is 3.69. The maximum atomic E-state index is 10.9. The molecule has 0 amide bonds. The monoisotopic (exact) mass is 293 g/mol. The summed E-state index contributed by atoms with van der Waals surface area (Å²) in [4.78, 5) is -1.03. The predicted molar refractivity (Wildman–Crippen MR) is 52.5 cm³/mol. The molecule has 1 aromatic rings. The van der Waals surface area contributed by atoms with Crippen molar-refractivity contribution >= 4 is 39.5 Å². The highest BCUT2D eigenvalue weighted by Crippen LogP contribution is 2.26. The molecule has 9 heteroatoms. The second-order valence-corrected chi connectivity index (χ2v) is 7.39. The average Bonchev–Trinajstić information content (AvgIpc) is 2.01. The zero-order valence-electron chi connectivity index (χ0n) is 6.89. The van der Waals surface area contributed by atoms with Crippen LogP contribution in [0.25, 0.3) is 0 Å². The van der Waals surface area contributed by atoms with Crippen LogP contribution < -0.4 is 4.70 Å². The van der Waals surface area contributed by atoms with Gasteiger partial charge in [0.15, 0.2) is 0 Å². The Hall–Kier alpha value is -0.370. The summed E-state index contributed by atoms with van der Waals surface area (Å²) in [6, 6.07) is 4.83. The molecule has 0 heterocycles. The number of hydrogen-bond acceptors (Lipinski definition) is 4. The van der Waals surface area contributed by atoms with E-state index in [2.05, 4.69) is 0 Å². The molecule has 15 heavy (non-hydrogen) atoms. The highest BCUT2D eigenvalue weighted by Gasteiger charge is 2.22. The van der Waals surface area contributed by atoms with Crippen molar-refractivity contribution in [1.29, 1.82) is 0 Å². The molecule has 0 spiro atoms. The van der Waals surface area contributed by atoms with Crippen molar-refractivity contribution in [2.75, 3.05) is 0 Å². The van der Waals surface area contributed by atoms with Gasteiger partial charge in [-0.25, -0.2) is 16.8 Å². The lowest BCUT2D eigenvalue weighted by Crippen LogP contribution is -3.00. The van der Waals surface area contributed by atoms with Gasteiger partial charge in [0.05, 0.1) is 0 Å². The van der Waals surface area contributed by atoms with Gasteiger partial charge in [0.1, 0.15) is 9.79 Å². The number of hydrogen-bond donors (Lipinski definition) is 0. The van der Waals surface area contributed by atoms with Crippen molar-refractivity contribution in [2.24, 2.45) is 0 Å². The van der Waals surface area contributed by atoms with E-state index < -0.39 is 27.9 Å². The predicted octanol–water partition coefficient (Wildman–Crippen LogP) is -1.45. The van der Waals surface area contributed by atoms with E-state index in [1.54, 1.807) is 0 Å². The van der Waals surface area contributed by atoms with Gasteiger partial charge in [-0.15, -0.1) is 0 Å². The van der Waals surface area contributed by atoms with Crippen molar-refractivity contribution in [3.8, 4) is 0 Å². The summed E-state index contributed by atoms with van der Waals surface area (Å²) >= 11 is 0. The van der Waals surface area contributed by atoms with Crippen LogP contribution in [-0.4, -0.2) is 16.8 Å². The van der Waals surface area contributed by atoms with Gasteiger partial charge < -0.3 is 4.70 Å². The molecular formula is C6H4Cl2FO4S2-. The third-order valence-electron chi connectivity index (χ3n) is 1.37. The van der Waals surface area contributed by atoms with Crippen LogP contribution in [0.5, 0.6) is 0 Å². The Morgan fingerprint density at radius 3 is 1.27 bits per heavy atom. The van der Waals surface area contributed by atoms with Gasteiger partial charge >= 0.3 is 0 Å². The average molecular weight is 294 g/mol. The first-order valence-electron chi connectivity index (χ1n) is 3.21. The van der Waals surface area contributed by atoms with Crippen LogP contribution in [0.1, 0.15) is 0 Å². The fourth-order valence-electron chi connectivity index (χ4n) is 0.853. The summed E-state index contributed by atoms with van der Waals surface area (Å²) in [6.45, 7) is 0. The molecule has 0 radical (unpaired) electrons. The van der Waals surface area contributed by atoms with E-state index in [0.717, 1.165) is 12.1 Å². The smallest absolute Gasteiger partial charge is 0.262 e. The molecule has 0 aromatic heterocycles. The maximum Gasteiger partial charge on any atom is 0.262 e. The Morgan fingerprint density at radius 2 is 1.07 bits per heavy atom. The van der Waals surface area contributed by atoms with E-state index in [0.29, 0.717) is 0 Å². The minimum Gasteiger partial charge on any atom is -1.00 e. The highest BCUT2D eigenvalue weighted by atomic mass is 35.7. The molecule has 86 valence electrons. The molecule has 0 aliphatic heterocycles. The summed E-state index contributed by atoms with van der Waals surface area (Å²) in [5.41, 5.74) is 0. The van der Waals surface area contributed by atoms with Gasteiger partial charge in [0, 0.05) is 21.4 Å². The number of rotatable bonds is 2. The second kappa shape index (κ2) is 4.65. The van der Waals surface area contributed by atoms with Crippen molar-refractivity contribution in [2.45, 2.75) is 9.79 Å². The summed E-state index contributed by atoms with van der Waals surface area (Å²) < 4.78 is 43.8. The quantitative estimate of drug-likeness (QED) is 0.626. The van der Waals surface area contributed by atoms with Crippen molar-refractivity contribution in [3.05, 3.63) is 24.3 Å². The van der Waals surface area contributed by atoms with Crippen LogP contribution in [0.2, 0.25) is 0 Å². The zero-order valence-corrected chi connectivity index (χ0v) is 10.0. The molecule has 0 bridgehead atoms. The van der Waals surface area contributed by atoms with E-state index in [1.165, 1.54) is 12.1 Å². The summed E-state index contributed by atoms with van der Waals surface area (Å²) in [6.07, 6.45) is 0. The molecule has 0 saturated heterocycles. The third-order valence-corrected chi connectivity index (χ3v) is 4.26. The molecule has 0 N–H and O–H groups in total. The summed E-state index contributed by atoms with van der Waals surface area (Å²) in [5, 5.41) is 0. The topological polar surface area (TPSA) is 68.3 Å². The molecule has 1 aromatic carbocycles. The van der Waals surface area contributed by atoms with Gasteiger partial charge in [-0.3, -0.25) is 0 Å². The Morgan fingerprint density at radius 1 is 0.800 bits per heavy atom. The first-order valence-corrected chi connectivity index (χ1v) is 7.83. The van der Waals surface area contributed by atoms with E-state index in [9.17, 15) is 16.8 Å². The van der Waals surface area contributed by atoms with Gasteiger partial charge in [-0.2, -0.15) is 0 Å². The molecule has 0 atom stereocenters. The number of benzene rings is 1. The lowest BCUT2D eigenvalue weighted by atomic mass is 10.4. The van der Waals surface area contributed by atoms with Gasteiger partial charge in [-0.05, 0) is 12.1 Å². The Kier molecular flexibility index (Phi) is 4.53. The lowest BCUT2D eigenvalue weighted by Gasteiger charge is -2.01. The highest BCUT2D eigenvalue weighted by molar-refractivity contribution is 8.16. The molecule has 4 nitrogen and oxygen atoms in total. The number of halogens is 3. The molecule has 1 rings (SSSR count). The minimum absolute atomic E-state index is 0. The van der Waals surface area contributed by atoms with Crippen molar-refractivity contribution < 1.29 is 21.5 Å². The van der Waals surface area contributed by atoms with Gasteiger partial charge in [0.25, 0.3) is 18.1 Å². The van der Waals surface area contributed by atoms with Crippen LogP contribution >= 0.6 is 21.4 Å². The van der Waals surface area contributed by atoms with Gasteiger partial charge in [-0.1, -0.05) is 12.1 Å². The molecule has 0 unspecified atom stereocenters. The first-order chi connectivity index (χ1) is 6.23. The van der Waals surface area contributed by atoms with Crippen LogP contribution in [-0.2, 0) is 18.1 Å². The SMILES string of the molecule is O=S(=O)(Cl)c1ccccc1S(=O)(=O)Cl.[F-]. The molecular weight excluding hydrogens is 290 g/mol. The minimum atomic E-state index is -4.11. The fraction of sp³-hybridized carbons (Fsp3) is 0. The normalized spacial score (nSPS) is 11.9. The summed E-state index contributed by atoms with van der Waals surface area (Å²) in [5.74, 6) is 0. The standard InChI is InChI=1S/C6H4Cl2O4S2.FH/c7-13(9,10)5-3-1-2-4-6(5)14(8,11)12;/h1-4H;1H/p-1. The molecule has 0 aliphatic rings. The summed E-state index contributed by atoms with van der Waals surface area (Å²) in [7, 11) is 1.82. The van der Waals surface area contributed by atoms with Crippen LogP contribution in [0.15, 0.2) is 34.1 Å². The zero-order chi connectivity index (χ0) is 11.0. The van der Waals surface area contributed by atoms with Gasteiger partial charge in [0.2, 0.25) is 0 Å². The van der Waals surface area contributed by atoms with E-state index in [1.807, 2.05) is 0 Å². The van der Waals surface area contributed by atoms with Crippen molar-refractivity contribution in [1.82, 2.24) is 0 Å². The van der Waals surface area contributed by atoms with E-state index in [4.69, 9.17) is 21.4 Å². The first kappa shape index (κ1) is 14.6. The second-order valence-electron chi connectivity index (χ2n) is 2.32. The maximum absolute atomic E-state index is 10.9. The largest absolute Gasteiger partial charge is 1.00 e. The lowest BCUT2D eigenvalue weighted by molar-refractivity contribution is -0.00000725. The van der Waals surface area contributed by atoms with Crippen molar-refractivity contribution in [3.63, 3.8) is 0 Å².